The molecule has 0 saturated carbocycles. The highest BCUT2D eigenvalue weighted by molar-refractivity contribution is 4.89. The Balaban J connectivity index is 2.36. The Morgan fingerprint density at radius 2 is 2.38 bits per heavy atom. The van der Waals surface area contributed by atoms with E-state index in [0.717, 1.165) is 6.54 Å². The zero-order valence-electron chi connectivity index (χ0n) is 8.10. The highest BCUT2D eigenvalue weighted by Gasteiger charge is 2.00. The summed E-state index contributed by atoms with van der Waals surface area (Å²) in [6.07, 6.45) is 3.77. The second-order valence-corrected chi connectivity index (χ2v) is 3.11. The van der Waals surface area contributed by atoms with E-state index in [0.29, 0.717) is 12.4 Å². The minimum absolute atomic E-state index is 0.0192. The zero-order valence-corrected chi connectivity index (χ0v) is 8.10. The molecule has 0 aliphatic rings. The van der Waals surface area contributed by atoms with Crippen molar-refractivity contribution in [1.82, 2.24) is 9.55 Å². The van der Waals surface area contributed by atoms with Gasteiger partial charge in [0, 0.05) is 18.9 Å². The summed E-state index contributed by atoms with van der Waals surface area (Å²) in [4.78, 5) is 3.99. The van der Waals surface area contributed by atoms with E-state index in [2.05, 4.69) is 4.98 Å². The lowest BCUT2D eigenvalue weighted by Gasteiger charge is -2.09. The highest BCUT2D eigenvalue weighted by Crippen LogP contribution is 1.98. The summed E-state index contributed by atoms with van der Waals surface area (Å²) in [6.45, 7) is 5.38. The molecule has 4 heteroatoms. The van der Waals surface area contributed by atoms with Crippen LogP contribution in [0.1, 0.15) is 19.7 Å². The molecule has 0 bridgehead atoms. The Bertz CT molecular complexity index is 246. The molecule has 1 N–H and O–H groups in total. The third-order valence-electron chi connectivity index (χ3n) is 1.73. The van der Waals surface area contributed by atoms with E-state index in [9.17, 15) is 0 Å². The monoisotopic (exact) mass is 184 g/mol. The third kappa shape index (κ3) is 3.16. The summed E-state index contributed by atoms with van der Waals surface area (Å²) in [6, 6.07) is 0. The molecular weight excluding hydrogens is 168 g/mol. The van der Waals surface area contributed by atoms with Gasteiger partial charge >= 0.3 is 0 Å². The fraction of sp³-hybridized carbons (Fsp3) is 0.667. The van der Waals surface area contributed by atoms with Crippen molar-refractivity contribution < 1.29 is 9.84 Å². The lowest BCUT2D eigenvalue weighted by atomic mass is 10.5. The second kappa shape index (κ2) is 4.99. The number of rotatable bonds is 5. The van der Waals surface area contributed by atoms with E-state index in [-0.39, 0.29) is 12.7 Å². The van der Waals surface area contributed by atoms with Gasteiger partial charge in [0.1, 0.15) is 12.4 Å². The van der Waals surface area contributed by atoms with E-state index in [1.165, 1.54) is 0 Å². The van der Waals surface area contributed by atoms with Crippen LogP contribution in [0.4, 0.5) is 0 Å². The van der Waals surface area contributed by atoms with Gasteiger partial charge in [-0.15, -0.1) is 0 Å². The molecule has 0 aromatic carbocycles. The van der Waals surface area contributed by atoms with Crippen LogP contribution >= 0.6 is 0 Å². The number of aliphatic hydroxyl groups excluding tert-OH is 1. The number of nitrogens with zero attached hydrogens (tertiary/aromatic N) is 2. The van der Waals surface area contributed by atoms with Gasteiger partial charge in [-0.25, -0.2) is 4.98 Å². The molecule has 0 unspecified atom stereocenters. The third-order valence-corrected chi connectivity index (χ3v) is 1.73. The first-order chi connectivity index (χ1) is 6.24. The number of hydrogen-bond acceptors (Lipinski definition) is 3. The molecule has 0 amide bonds. The van der Waals surface area contributed by atoms with Gasteiger partial charge < -0.3 is 14.4 Å². The first-order valence-corrected chi connectivity index (χ1v) is 4.46. The van der Waals surface area contributed by atoms with Gasteiger partial charge in [0.25, 0.3) is 0 Å². The summed E-state index contributed by atoms with van der Waals surface area (Å²) < 4.78 is 7.28. The van der Waals surface area contributed by atoms with Crippen molar-refractivity contribution in [2.24, 2.45) is 0 Å². The molecule has 4 nitrogen and oxygen atoms in total. The Labute approximate surface area is 78.2 Å². The minimum atomic E-state index is -0.0192. The average Bonchev–Trinajstić information content (AvgIpc) is 2.51. The predicted molar refractivity (Wildman–Crippen MR) is 49.2 cm³/mol. The molecule has 74 valence electrons. The summed E-state index contributed by atoms with van der Waals surface area (Å²) >= 11 is 0. The van der Waals surface area contributed by atoms with Gasteiger partial charge in [-0.3, -0.25) is 0 Å². The van der Waals surface area contributed by atoms with Crippen molar-refractivity contribution in [2.45, 2.75) is 33.1 Å². The molecule has 0 aliphatic heterocycles. The van der Waals surface area contributed by atoms with Gasteiger partial charge in [0.15, 0.2) is 0 Å². The van der Waals surface area contributed by atoms with Crippen molar-refractivity contribution in [3.05, 3.63) is 18.2 Å². The molecule has 1 aromatic heterocycles. The number of aromatic nitrogens is 2. The summed E-state index contributed by atoms with van der Waals surface area (Å²) in [5.41, 5.74) is 0. The van der Waals surface area contributed by atoms with Gasteiger partial charge in [-0.2, -0.15) is 0 Å². The fourth-order valence-electron chi connectivity index (χ4n) is 1.08. The molecule has 0 aliphatic carbocycles. The number of ether oxygens (including phenoxy) is 1. The Kier molecular flexibility index (Phi) is 3.92. The summed E-state index contributed by atoms with van der Waals surface area (Å²) in [7, 11) is 0. The van der Waals surface area contributed by atoms with Crippen molar-refractivity contribution >= 4 is 0 Å². The molecule has 0 radical (unpaired) electrons. The maximum Gasteiger partial charge on any atom is 0.134 e. The maximum atomic E-state index is 8.89. The van der Waals surface area contributed by atoms with Crippen molar-refractivity contribution in [2.75, 3.05) is 6.61 Å². The van der Waals surface area contributed by atoms with Gasteiger partial charge in [-0.05, 0) is 13.8 Å². The fourth-order valence-corrected chi connectivity index (χ4v) is 1.08. The van der Waals surface area contributed by atoms with Crippen LogP contribution in [0.2, 0.25) is 0 Å². The quantitative estimate of drug-likeness (QED) is 0.736. The van der Waals surface area contributed by atoms with Crippen LogP contribution < -0.4 is 0 Å². The largest absolute Gasteiger partial charge is 0.388 e. The summed E-state index contributed by atoms with van der Waals surface area (Å²) in [5.74, 6) is 0.687. The Morgan fingerprint density at radius 1 is 1.62 bits per heavy atom. The number of hydrogen-bond donors (Lipinski definition) is 1. The first kappa shape index (κ1) is 10.2. The molecule has 0 saturated heterocycles. The number of aliphatic hydroxyl groups is 1. The molecule has 0 fully saturated rings. The predicted octanol–water partition coefficient (Wildman–Crippen LogP) is 0.800. The van der Waals surface area contributed by atoms with Crippen LogP contribution in [0.5, 0.6) is 0 Å². The van der Waals surface area contributed by atoms with E-state index in [1.54, 1.807) is 6.20 Å². The average molecular weight is 184 g/mol. The zero-order chi connectivity index (χ0) is 9.68. The highest BCUT2D eigenvalue weighted by atomic mass is 16.5. The normalized spacial score (nSPS) is 11.1. The van der Waals surface area contributed by atoms with Crippen LogP contribution in [0.15, 0.2) is 12.4 Å². The molecule has 1 rings (SSSR count). The maximum absolute atomic E-state index is 8.89. The second-order valence-electron chi connectivity index (χ2n) is 3.11. The van der Waals surface area contributed by atoms with E-state index >= 15 is 0 Å². The molecular formula is C9H16N2O2. The van der Waals surface area contributed by atoms with E-state index in [4.69, 9.17) is 9.84 Å². The molecule has 0 atom stereocenters. The lowest BCUT2D eigenvalue weighted by molar-refractivity contribution is 0.0717. The topological polar surface area (TPSA) is 47.3 Å². The van der Waals surface area contributed by atoms with Gasteiger partial charge in [-0.1, -0.05) is 0 Å². The number of imidazole rings is 1. The molecule has 1 aromatic rings. The van der Waals surface area contributed by atoms with Crippen molar-refractivity contribution in [1.29, 1.82) is 0 Å². The molecule has 13 heavy (non-hydrogen) atoms. The van der Waals surface area contributed by atoms with Crippen LogP contribution in [0.25, 0.3) is 0 Å². The van der Waals surface area contributed by atoms with Gasteiger partial charge in [0.2, 0.25) is 0 Å². The minimum Gasteiger partial charge on any atom is -0.388 e. The lowest BCUT2D eigenvalue weighted by Crippen LogP contribution is -2.12. The van der Waals surface area contributed by atoms with Crippen molar-refractivity contribution in [3.63, 3.8) is 0 Å². The van der Waals surface area contributed by atoms with Crippen LogP contribution in [0.3, 0.4) is 0 Å². The Morgan fingerprint density at radius 3 is 3.00 bits per heavy atom. The van der Waals surface area contributed by atoms with Crippen LogP contribution in [-0.2, 0) is 17.9 Å². The van der Waals surface area contributed by atoms with Crippen LogP contribution in [0, 0.1) is 0 Å². The first-order valence-electron chi connectivity index (χ1n) is 4.46. The van der Waals surface area contributed by atoms with Crippen LogP contribution in [-0.4, -0.2) is 27.4 Å². The smallest absolute Gasteiger partial charge is 0.134 e. The Hall–Kier alpha value is -0.870. The van der Waals surface area contributed by atoms with Gasteiger partial charge in [0.05, 0.1) is 12.7 Å². The SMILES string of the molecule is CC(C)OCCn1ccnc1CO. The molecule has 0 spiro atoms. The standard InChI is InChI=1S/C9H16N2O2/c1-8(2)13-6-5-11-4-3-10-9(11)7-12/h3-4,8,12H,5-7H2,1-2H3. The van der Waals surface area contributed by atoms with E-state index < -0.39 is 0 Å². The van der Waals surface area contributed by atoms with E-state index in [1.807, 2.05) is 24.6 Å². The van der Waals surface area contributed by atoms with Crippen molar-refractivity contribution in [3.8, 4) is 0 Å². The summed E-state index contributed by atoms with van der Waals surface area (Å²) in [5, 5.41) is 8.89. The molecule has 1 heterocycles.